The summed E-state index contributed by atoms with van der Waals surface area (Å²) in [5, 5.41) is 10.3. The second-order valence-electron chi connectivity index (χ2n) is 9.36. The fourth-order valence-electron chi connectivity index (χ4n) is 5.11. The summed E-state index contributed by atoms with van der Waals surface area (Å²) >= 11 is 0. The molecule has 4 heterocycles. The molecule has 1 aliphatic heterocycles. The van der Waals surface area contributed by atoms with E-state index in [1.54, 1.807) is 55.5 Å². The number of nitrogens with one attached hydrogen (secondary N) is 4. The molecule has 0 unspecified atom stereocenters. The van der Waals surface area contributed by atoms with Gasteiger partial charge in [0.2, 0.25) is 0 Å². The molecule has 2 amide bonds. The molecule has 1 aliphatic rings. The molecule has 0 aliphatic carbocycles. The molecular weight excluding hydrogens is 560 g/mol. The summed E-state index contributed by atoms with van der Waals surface area (Å²) in [7, 11) is -2.84. The van der Waals surface area contributed by atoms with Gasteiger partial charge < -0.3 is 10.6 Å². The predicted molar refractivity (Wildman–Crippen MR) is 156 cm³/mol. The van der Waals surface area contributed by atoms with Gasteiger partial charge in [-0.25, -0.2) is 14.2 Å². The van der Waals surface area contributed by atoms with E-state index >= 15 is 0 Å². The lowest BCUT2D eigenvalue weighted by molar-refractivity contribution is 0.0937. The van der Waals surface area contributed by atoms with E-state index in [0.29, 0.717) is 22.3 Å². The normalized spacial score (nSPS) is 13.1. The Morgan fingerprint density at radius 2 is 1.86 bits per heavy atom. The van der Waals surface area contributed by atoms with Gasteiger partial charge in [-0.2, -0.15) is 8.42 Å². The minimum Gasteiger partial charge on any atom is -0.344 e. The average molecular weight is 583 g/mol. The largest absolute Gasteiger partial charge is 0.344 e. The number of pyridine rings is 1. The van der Waals surface area contributed by atoms with Gasteiger partial charge in [0, 0.05) is 36.1 Å². The van der Waals surface area contributed by atoms with Gasteiger partial charge in [0.05, 0.1) is 28.4 Å². The molecule has 210 valence electrons. The first kappa shape index (κ1) is 26.7. The number of terminal acetylenes is 1. The van der Waals surface area contributed by atoms with Crippen LogP contribution >= 0.6 is 0 Å². The van der Waals surface area contributed by atoms with Crippen molar-refractivity contribution in [3.8, 4) is 18.0 Å². The quantitative estimate of drug-likeness (QED) is 0.213. The first-order chi connectivity index (χ1) is 20.1. The molecule has 0 spiro atoms. The van der Waals surface area contributed by atoms with Crippen molar-refractivity contribution in [1.82, 2.24) is 29.2 Å². The summed E-state index contributed by atoms with van der Waals surface area (Å²) < 4.78 is 31.5. The third-order valence-electron chi connectivity index (χ3n) is 6.89. The van der Waals surface area contributed by atoms with Gasteiger partial charge in [0.25, 0.3) is 27.6 Å². The molecule has 13 nitrogen and oxygen atoms in total. The fraction of sp³-hybridized carbons (Fsp3) is 0.107. The maximum Gasteiger partial charge on any atom is 0.300 e. The zero-order valence-electron chi connectivity index (χ0n) is 22.2. The van der Waals surface area contributed by atoms with Crippen LogP contribution in [0.4, 0.5) is 11.5 Å². The molecule has 6 rings (SSSR count). The van der Waals surface area contributed by atoms with Crippen molar-refractivity contribution in [2.24, 2.45) is 0 Å². The van der Waals surface area contributed by atoms with Gasteiger partial charge in [-0.3, -0.25) is 23.7 Å². The summed E-state index contributed by atoms with van der Waals surface area (Å²) in [6.07, 6.45) is 8.67. The first-order valence-corrected chi connectivity index (χ1v) is 14.1. The molecule has 0 fully saturated rings. The van der Waals surface area contributed by atoms with E-state index < -0.39 is 33.6 Å². The van der Waals surface area contributed by atoms with Gasteiger partial charge in [0.1, 0.15) is 5.56 Å². The first-order valence-electron chi connectivity index (χ1n) is 12.6. The van der Waals surface area contributed by atoms with E-state index in [2.05, 4.69) is 36.1 Å². The monoisotopic (exact) mass is 582 g/mol. The van der Waals surface area contributed by atoms with Gasteiger partial charge in [0.15, 0.2) is 11.5 Å². The molecule has 0 bridgehead atoms. The Balaban J connectivity index is 1.56. The van der Waals surface area contributed by atoms with Crippen LogP contribution in [0.3, 0.4) is 0 Å². The second-order valence-corrected chi connectivity index (χ2v) is 11.0. The van der Waals surface area contributed by atoms with Crippen molar-refractivity contribution in [3.05, 3.63) is 93.7 Å². The Hall–Kier alpha value is -5.52. The van der Waals surface area contributed by atoms with Crippen LogP contribution in [0.25, 0.3) is 22.1 Å². The van der Waals surface area contributed by atoms with Crippen molar-refractivity contribution in [3.63, 3.8) is 0 Å². The van der Waals surface area contributed by atoms with Crippen LogP contribution in [-0.2, 0) is 10.2 Å². The van der Waals surface area contributed by atoms with E-state index in [9.17, 15) is 22.8 Å². The van der Waals surface area contributed by atoms with Crippen LogP contribution in [0.15, 0.2) is 65.7 Å². The molecule has 2 aromatic carbocycles. The zero-order chi connectivity index (χ0) is 29.8. The molecule has 4 N–H and O–H groups in total. The summed E-state index contributed by atoms with van der Waals surface area (Å²) in [4.78, 5) is 45.5. The number of carbonyl (C=O) groups excluding carboxylic acids is 2. The minimum atomic E-state index is -4.05. The maximum atomic E-state index is 14.1. The van der Waals surface area contributed by atoms with Crippen molar-refractivity contribution >= 4 is 49.9 Å². The van der Waals surface area contributed by atoms with E-state index in [1.807, 2.05) is 0 Å². The number of benzene rings is 2. The van der Waals surface area contributed by atoms with Crippen molar-refractivity contribution in [2.75, 3.05) is 17.1 Å². The highest BCUT2D eigenvalue weighted by atomic mass is 32.2. The number of nitrogens with zero attached hydrogens (tertiary/aromatic N) is 4. The highest BCUT2D eigenvalue weighted by Gasteiger charge is 2.34. The number of carbonyl (C=O) groups is 2. The number of para-hydroxylation sites is 1. The highest BCUT2D eigenvalue weighted by Crippen LogP contribution is 2.38. The molecule has 0 saturated carbocycles. The molecule has 42 heavy (non-hydrogen) atoms. The van der Waals surface area contributed by atoms with E-state index in [1.165, 1.54) is 28.5 Å². The molecule has 0 saturated heterocycles. The molecule has 14 heteroatoms. The van der Waals surface area contributed by atoms with Crippen molar-refractivity contribution < 1.29 is 18.0 Å². The number of aromatic nitrogens is 4. The summed E-state index contributed by atoms with van der Waals surface area (Å²) in [5.41, 5.74) is 1.04. The lowest BCUT2D eigenvalue weighted by Gasteiger charge is -2.23. The minimum absolute atomic E-state index is 0.0817. The fourth-order valence-corrected chi connectivity index (χ4v) is 5.61. The van der Waals surface area contributed by atoms with Gasteiger partial charge >= 0.3 is 0 Å². The van der Waals surface area contributed by atoms with E-state index in [0.717, 1.165) is 0 Å². The van der Waals surface area contributed by atoms with Gasteiger partial charge in [-0.05, 0) is 37.3 Å². The molecule has 5 aromatic rings. The second kappa shape index (κ2) is 9.84. The SMILES string of the molecule is C#Cc1ccc2c3c(c([C@@H](C)NC(=O)c4c(NS(=O)(=O)NC)nn5cccnc45)n(-c4ccccc4)c(=O)c13)C(=O)N2. The van der Waals surface area contributed by atoms with Crippen LogP contribution in [0.1, 0.15) is 44.9 Å². The maximum absolute atomic E-state index is 14.1. The lowest BCUT2D eigenvalue weighted by Crippen LogP contribution is -2.35. The Kier molecular flexibility index (Phi) is 6.25. The number of fused-ring (bicyclic) bond motifs is 1. The Morgan fingerprint density at radius 1 is 1.10 bits per heavy atom. The zero-order valence-corrected chi connectivity index (χ0v) is 23.0. The number of rotatable bonds is 7. The van der Waals surface area contributed by atoms with Crippen LogP contribution in [0.2, 0.25) is 0 Å². The third-order valence-corrected chi connectivity index (χ3v) is 7.89. The van der Waals surface area contributed by atoms with E-state index in [4.69, 9.17) is 6.42 Å². The Labute approximate surface area is 238 Å². The van der Waals surface area contributed by atoms with Crippen molar-refractivity contribution in [1.29, 1.82) is 0 Å². The van der Waals surface area contributed by atoms with E-state index in [-0.39, 0.29) is 33.7 Å². The average Bonchev–Trinajstić information content (AvgIpc) is 3.51. The van der Waals surface area contributed by atoms with Crippen molar-refractivity contribution in [2.45, 2.75) is 13.0 Å². The summed E-state index contributed by atoms with van der Waals surface area (Å²) in [5.74, 6) is 1.05. The predicted octanol–water partition coefficient (Wildman–Crippen LogP) is 1.95. The third kappa shape index (κ3) is 4.15. The van der Waals surface area contributed by atoms with Crippen LogP contribution in [0.5, 0.6) is 0 Å². The molecule has 3 aromatic heterocycles. The van der Waals surface area contributed by atoms with Gasteiger partial charge in [-0.15, -0.1) is 11.5 Å². The number of anilines is 2. The molecule has 1 atom stereocenters. The standard InChI is InChI=1S/C28H22N8O5S/c1-4-16-11-12-18-20-19(16)28(39)36(17-9-6-5-7-10-17)23(21(20)26(37)32-18)15(2)31-27(38)22-24(34-42(40,41)29-3)33-35-14-8-13-30-25(22)35/h1,5-15,29H,2-3H3,(H,31,38)(H,32,37)(H,33,34)/t15-/m1/s1. The number of hydrogen-bond acceptors (Lipinski definition) is 7. The lowest BCUT2D eigenvalue weighted by atomic mass is 9.97. The molecular formula is C28H22N8O5S. The van der Waals surface area contributed by atoms with Gasteiger partial charge in [-0.1, -0.05) is 24.1 Å². The molecule has 0 radical (unpaired) electrons. The van der Waals surface area contributed by atoms with Crippen LogP contribution in [0, 0.1) is 12.3 Å². The Morgan fingerprint density at radius 3 is 2.57 bits per heavy atom. The highest BCUT2D eigenvalue weighted by molar-refractivity contribution is 7.90. The number of hydrogen-bond donors (Lipinski definition) is 4. The van der Waals surface area contributed by atoms with Crippen LogP contribution < -0.4 is 25.6 Å². The topological polar surface area (TPSA) is 169 Å². The smallest absolute Gasteiger partial charge is 0.300 e. The van der Waals surface area contributed by atoms with Crippen LogP contribution in [-0.4, -0.2) is 46.4 Å². The Bertz CT molecular complexity index is 2160. The summed E-state index contributed by atoms with van der Waals surface area (Å²) in [6, 6.07) is 12.5. The number of amides is 2. The summed E-state index contributed by atoms with van der Waals surface area (Å²) in [6.45, 7) is 1.61.